The molecule has 0 atom stereocenters. The summed E-state index contributed by atoms with van der Waals surface area (Å²) < 4.78 is 12.8. The van der Waals surface area contributed by atoms with Crippen LogP contribution in [-0.2, 0) is 4.79 Å². The van der Waals surface area contributed by atoms with E-state index in [2.05, 4.69) is 10.9 Å². The molecule has 2 rings (SSSR count). The van der Waals surface area contributed by atoms with Gasteiger partial charge in [-0.15, -0.1) is 0 Å². The van der Waals surface area contributed by atoms with Gasteiger partial charge in [0.05, 0.1) is 0 Å². The van der Waals surface area contributed by atoms with Crippen LogP contribution in [0.25, 0.3) is 0 Å². The summed E-state index contributed by atoms with van der Waals surface area (Å²) in [4.78, 5) is 22.7. The largest absolute Gasteiger partial charge is 0.273 e. The second-order valence-corrected chi connectivity index (χ2v) is 3.73. The highest BCUT2D eigenvalue weighted by atomic mass is 19.1. The monoisotopic (exact) mass is 222 g/mol. The van der Waals surface area contributed by atoms with Gasteiger partial charge in [0.1, 0.15) is 5.82 Å². The summed E-state index contributed by atoms with van der Waals surface area (Å²) in [5.41, 5.74) is 4.72. The molecular weight excluding hydrogens is 211 g/mol. The standard InChI is InChI=1S/C11H11FN2O2/c12-9-3-1-2-8(6-9)11(16)14-13-10(15)7-4-5-7/h1-3,6-7H,4-5H2,(H,13,15)(H,14,16). The zero-order chi connectivity index (χ0) is 11.5. The van der Waals surface area contributed by atoms with Crippen LogP contribution >= 0.6 is 0 Å². The van der Waals surface area contributed by atoms with Crippen molar-refractivity contribution in [2.24, 2.45) is 5.92 Å². The van der Waals surface area contributed by atoms with E-state index in [4.69, 9.17) is 0 Å². The fourth-order valence-electron chi connectivity index (χ4n) is 1.27. The lowest BCUT2D eigenvalue weighted by Gasteiger charge is -2.06. The maximum atomic E-state index is 12.8. The van der Waals surface area contributed by atoms with Gasteiger partial charge in [-0.3, -0.25) is 20.4 Å². The highest BCUT2D eigenvalue weighted by Crippen LogP contribution is 2.28. The maximum absolute atomic E-state index is 12.8. The summed E-state index contributed by atoms with van der Waals surface area (Å²) in [6.07, 6.45) is 1.73. The molecule has 0 saturated heterocycles. The van der Waals surface area contributed by atoms with Gasteiger partial charge in [-0.05, 0) is 31.0 Å². The zero-order valence-electron chi connectivity index (χ0n) is 8.50. The Kier molecular flexibility index (Phi) is 2.85. The molecule has 1 fully saturated rings. The number of amides is 2. The van der Waals surface area contributed by atoms with Crippen LogP contribution in [0.15, 0.2) is 24.3 Å². The van der Waals surface area contributed by atoms with Crippen molar-refractivity contribution in [1.82, 2.24) is 10.9 Å². The molecule has 2 N–H and O–H groups in total. The van der Waals surface area contributed by atoms with Crippen LogP contribution in [0.3, 0.4) is 0 Å². The van der Waals surface area contributed by atoms with Crippen molar-refractivity contribution in [1.29, 1.82) is 0 Å². The molecule has 0 radical (unpaired) electrons. The molecule has 0 unspecified atom stereocenters. The third-order valence-corrected chi connectivity index (χ3v) is 2.33. The van der Waals surface area contributed by atoms with Crippen LogP contribution in [-0.4, -0.2) is 11.8 Å². The molecule has 16 heavy (non-hydrogen) atoms. The average molecular weight is 222 g/mol. The van der Waals surface area contributed by atoms with Crippen molar-refractivity contribution in [3.8, 4) is 0 Å². The molecule has 5 heteroatoms. The van der Waals surface area contributed by atoms with Crippen LogP contribution < -0.4 is 10.9 Å². The van der Waals surface area contributed by atoms with E-state index in [9.17, 15) is 14.0 Å². The van der Waals surface area contributed by atoms with E-state index in [0.29, 0.717) is 0 Å². The minimum atomic E-state index is -0.520. The zero-order valence-corrected chi connectivity index (χ0v) is 8.50. The minimum absolute atomic E-state index is 0.0211. The van der Waals surface area contributed by atoms with Gasteiger partial charge in [0.2, 0.25) is 5.91 Å². The smallest absolute Gasteiger partial charge is 0.269 e. The van der Waals surface area contributed by atoms with E-state index in [-0.39, 0.29) is 17.4 Å². The molecule has 0 bridgehead atoms. The van der Waals surface area contributed by atoms with E-state index < -0.39 is 11.7 Å². The summed E-state index contributed by atoms with van der Waals surface area (Å²) in [5.74, 6) is -1.17. The van der Waals surface area contributed by atoms with Gasteiger partial charge in [-0.25, -0.2) is 4.39 Å². The molecule has 1 aliphatic rings. The Labute approximate surface area is 91.8 Å². The molecule has 0 aromatic heterocycles. The van der Waals surface area contributed by atoms with Crippen LogP contribution in [0.2, 0.25) is 0 Å². The first-order valence-electron chi connectivity index (χ1n) is 5.02. The van der Waals surface area contributed by atoms with Crippen molar-refractivity contribution in [3.63, 3.8) is 0 Å². The number of carbonyl (C=O) groups is 2. The number of nitrogens with one attached hydrogen (secondary N) is 2. The lowest BCUT2D eigenvalue weighted by molar-refractivity contribution is -0.123. The number of hydrogen-bond acceptors (Lipinski definition) is 2. The lowest BCUT2D eigenvalue weighted by Crippen LogP contribution is -2.42. The van der Waals surface area contributed by atoms with Gasteiger partial charge < -0.3 is 0 Å². The van der Waals surface area contributed by atoms with Crippen LogP contribution in [0, 0.1) is 11.7 Å². The van der Waals surface area contributed by atoms with Gasteiger partial charge in [0.25, 0.3) is 5.91 Å². The highest BCUT2D eigenvalue weighted by molar-refractivity contribution is 5.95. The van der Waals surface area contributed by atoms with E-state index >= 15 is 0 Å². The molecule has 2 amide bonds. The SMILES string of the molecule is O=C(NNC(=O)C1CC1)c1cccc(F)c1. The van der Waals surface area contributed by atoms with Gasteiger partial charge in [0.15, 0.2) is 0 Å². The molecule has 84 valence electrons. The van der Waals surface area contributed by atoms with E-state index in [1.165, 1.54) is 18.2 Å². The van der Waals surface area contributed by atoms with Crippen molar-refractivity contribution in [2.75, 3.05) is 0 Å². The van der Waals surface area contributed by atoms with Gasteiger partial charge >= 0.3 is 0 Å². The lowest BCUT2D eigenvalue weighted by atomic mass is 10.2. The Morgan fingerprint density at radius 3 is 2.62 bits per heavy atom. The molecular formula is C11H11FN2O2. The number of hydrogen-bond donors (Lipinski definition) is 2. The fraction of sp³-hybridized carbons (Fsp3) is 0.273. The number of halogens is 1. The van der Waals surface area contributed by atoms with Crippen LogP contribution in [0.1, 0.15) is 23.2 Å². The number of carbonyl (C=O) groups excluding carboxylic acids is 2. The van der Waals surface area contributed by atoms with E-state index in [0.717, 1.165) is 18.9 Å². The predicted octanol–water partition coefficient (Wildman–Crippen LogP) is 0.997. The molecule has 0 aliphatic heterocycles. The Hall–Kier alpha value is -1.91. The molecule has 1 aromatic carbocycles. The van der Waals surface area contributed by atoms with E-state index in [1.807, 2.05) is 0 Å². The van der Waals surface area contributed by atoms with E-state index in [1.54, 1.807) is 0 Å². The quantitative estimate of drug-likeness (QED) is 0.733. The second-order valence-electron chi connectivity index (χ2n) is 3.73. The van der Waals surface area contributed by atoms with Crippen LogP contribution in [0.4, 0.5) is 4.39 Å². The minimum Gasteiger partial charge on any atom is -0.273 e. The first-order chi connectivity index (χ1) is 7.66. The molecule has 4 nitrogen and oxygen atoms in total. The van der Waals surface area contributed by atoms with Crippen molar-refractivity contribution < 1.29 is 14.0 Å². The highest BCUT2D eigenvalue weighted by Gasteiger charge is 2.29. The predicted molar refractivity (Wildman–Crippen MR) is 54.7 cm³/mol. The number of rotatable bonds is 2. The Bertz CT molecular complexity index is 430. The summed E-state index contributed by atoms with van der Waals surface area (Å²) >= 11 is 0. The van der Waals surface area contributed by atoms with Crippen LogP contribution in [0.5, 0.6) is 0 Å². The normalized spacial score (nSPS) is 14.3. The Balaban J connectivity index is 1.89. The summed E-state index contributed by atoms with van der Waals surface area (Å²) in [6, 6.07) is 5.27. The van der Waals surface area contributed by atoms with Crippen molar-refractivity contribution in [2.45, 2.75) is 12.8 Å². The molecule has 1 aliphatic carbocycles. The Morgan fingerprint density at radius 2 is 2.00 bits per heavy atom. The molecule has 0 spiro atoms. The molecule has 1 saturated carbocycles. The first-order valence-corrected chi connectivity index (χ1v) is 5.02. The van der Waals surface area contributed by atoms with Gasteiger partial charge in [-0.1, -0.05) is 6.07 Å². The summed E-state index contributed by atoms with van der Waals surface area (Å²) in [5, 5.41) is 0. The number of benzene rings is 1. The topological polar surface area (TPSA) is 58.2 Å². The van der Waals surface area contributed by atoms with Gasteiger partial charge in [0, 0.05) is 11.5 Å². The number of hydrazine groups is 1. The second kappa shape index (κ2) is 4.30. The third-order valence-electron chi connectivity index (χ3n) is 2.33. The van der Waals surface area contributed by atoms with Crippen molar-refractivity contribution in [3.05, 3.63) is 35.6 Å². The van der Waals surface area contributed by atoms with Gasteiger partial charge in [-0.2, -0.15) is 0 Å². The fourth-order valence-corrected chi connectivity index (χ4v) is 1.27. The molecule has 0 heterocycles. The Morgan fingerprint density at radius 1 is 1.25 bits per heavy atom. The maximum Gasteiger partial charge on any atom is 0.269 e. The first kappa shape index (κ1) is 10.6. The summed E-state index contributed by atoms with van der Waals surface area (Å²) in [6.45, 7) is 0. The molecule has 1 aromatic rings. The average Bonchev–Trinajstić information content (AvgIpc) is 3.09. The van der Waals surface area contributed by atoms with Crippen molar-refractivity contribution >= 4 is 11.8 Å². The summed E-state index contributed by atoms with van der Waals surface area (Å²) in [7, 11) is 0. The third kappa shape index (κ3) is 2.56.